The van der Waals surface area contributed by atoms with Crippen LogP contribution in [0.15, 0.2) is 24.3 Å². The van der Waals surface area contributed by atoms with Crippen LogP contribution in [0.3, 0.4) is 0 Å². The molecule has 1 heterocycles. The fourth-order valence-electron chi connectivity index (χ4n) is 2.23. The van der Waals surface area contributed by atoms with Crippen LogP contribution in [0.4, 0.5) is 0 Å². The molecule has 0 saturated carbocycles. The lowest BCUT2D eigenvalue weighted by atomic mass is 10.1. The molecule has 1 atom stereocenters. The van der Waals surface area contributed by atoms with Crippen molar-refractivity contribution in [1.29, 1.82) is 0 Å². The minimum Gasteiger partial charge on any atom is -0.508 e. The Hall–Kier alpha value is -1.06. The summed E-state index contributed by atoms with van der Waals surface area (Å²) in [6.07, 6.45) is 2.67. The molecule has 1 fully saturated rings. The number of rotatable bonds is 3. The number of hydrogen-bond acceptors (Lipinski definition) is 3. The maximum Gasteiger partial charge on any atom is 0.120 e. The molecule has 3 heteroatoms. The van der Waals surface area contributed by atoms with Gasteiger partial charge in [-0.25, -0.2) is 0 Å². The molecule has 16 heavy (non-hydrogen) atoms. The first-order valence-electron chi connectivity index (χ1n) is 5.81. The third-order valence-electron chi connectivity index (χ3n) is 3.18. The predicted molar refractivity (Wildman–Crippen MR) is 63.4 cm³/mol. The van der Waals surface area contributed by atoms with E-state index in [-0.39, 0.29) is 0 Å². The molecule has 1 N–H and O–H groups in total. The van der Waals surface area contributed by atoms with Gasteiger partial charge in [0, 0.05) is 25.8 Å². The summed E-state index contributed by atoms with van der Waals surface area (Å²) >= 11 is 0. The maximum atomic E-state index is 9.71. The zero-order valence-electron chi connectivity index (χ0n) is 9.72. The van der Waals surface area contributed by atoms with E-state index in [9.17, 15) is 5.11 Å². The molecule has 1 aromatic carbocycles. The summed E-state index contributed by atoms with van der Waals surface area (Å²) in [4.78, 5) is 2.34. The lowest BCUT2D eigenvalue weighted by molar-refractivity contribution is 0.0283. The van der Waals surface area contributed by atoms with E-state index in [2.05, 4.69) is 4.90 Å². The number of phenols is 1. The third kappa shape index (κ3) is 2.74. The molecule has 88 valence electrons. The summed E-state index contributed by atoms with van der Waals surface area (Å²) < 4.78 is 5.39. The minimum absolute atomic E-state index is 0.347. The van der Waals surface area contributed by atoms with Crippen molar-refractivity contribution in [2.45, 2.75) is 25.5 Å². The number of para-hydroxylation sites is 1. The number of nitrogens with zero attached hydrogens (tertiary/aromatic N) is 1. The number of phenolic OH excluding ortho intramolecular Hbond substituents is 1. The Bertz CT molecular complexity index is 340. The number of piperidine rings is 1. The molecular formula is C13H19NO2. The number of ether oxygens (including phenoxy) is 1. The highest BCUT2D eigenvalue weighted by Gasteiger charge is 2.19. The van der Waals surface area contributed by atoms with Crippen molar-refractivity contribution >= 4 is 0 Å². The highest BCUT2D eigenvalue weighted by atomic mass is 16.5. The van der Waals surface area contributed by atoms with Gasteiger partial charge in [-0.3, -0.25) is 4.90 Å². The molecule has 0 aromatic heterocycles. The predicted octanol–water partition coefficient (Wildman–Crippen LogP) is 2.00. The average Bonchev–Trinajstić information content (AvgIpc) is 2.32. The highest BCUT2D eigenvalue weighted by molar-refractivity contribution is 5.31. The maximum absolute atomic E-state index is 9.71. The average molecular weight is 221 g/mol. The Kier molecular flexibility index (Phi) is 3.80. The lowest BCUT2D eigenvalue weighted by Gasteiger charge is -2.31. The zero-order valence-corrected chi connectivity index (χ0v) is 9.72. The molecule has 1 saturated heterocycles. The monoisotopic (exact) mass is 221 g/mol. The molecule has 0 spiro atoms. The van der Waals surface area contributed by atoms with Crippen molar-refractivity contribution < 1.29 is 9.84 Å². The number of aromatic hydroxyl groups is 1. The molecule has 0 radical (unpaired) electrons. The van der Waals surface area contributed by atoms with E-state index in [4.69, 9.17) is 4.74 Å². The SMILES string of the molecule is COC1CCCN(Cc2ccccc2O)C1. The molecule has 1 aliphatic heterocycles. The highest BCUT2D eigenvalue weighted by Crippen LogP contribution is 2.20. The molecule has 1 aliphatic rings. The second-order valence-corrected chi connectivity index (χ2v) is 4.36. The number of methoxy groups -OCH3 is 1. The van der Waals surface area contributed by atoms with E-state index in [1.54, 1.807) is 13.2 Å². The Morgan fingerprint density at radius 2 is 2.25 bits per heavy atom. The Morgan fingerprint density at radius 1 is 1.44 bits per heavy atom. The van der Waals surface area contributed by atoms with Gasteiger partial charge in [0.15, 0.2) is 0 Å². The normalized spacial score (nSPS) is 22.2. The van der Waals surface area contributed by atoms with E-state index >= 15 is 0 Å². The smallest absolute Gasteiger partial charge is 0.120 e. The topological polar surface area (TPSA) is 32.7 Å². The molecule has 3 nitrogen and oxygen atoms in total. The second kappa shape index (κ2) is 5.32. The van der Waals surface area contributed by atoms with E-state index in [0.29, 0.717) is 11.9 Å². The van der Waals surface area contributed by atoms with Gasteiger partial charge in [-0.2, -0.15) is 0 Å². The summed E-state index contributed by atoms with van der Waals surface area (Å²) in [6, 6.07) is 7.54. The summed E-state index contributed by atoms with van der Waals surface area (Å²) in [6.45, 7) is 2.87. The van der Waals surface area contributed by atoms with Crippen molar-refractivity contribution in [3.63, 3.8) is 0 Å². The first-order chi connectivity index (χ1) is 7.79. The fourth-order valence-corrected chi connectivity index (χ4v) is 2.23. The van der Waals surface area contributed by atoms with E-state index in [1.807, 2.05) is 18.2 Å². The van der Waals surface area contributed by atoms with Gasteiger partial charge in [0.25, 0.3) is 0 Å². The van der Waals surface area contributed by atoms with Crippen LogP contribution in [0.2, 0.25) is 0 Å². The Labute approximate surface area is 96.6 Å². The van der Waals surface area contributed by atoms with Crippen LogP contribution in [0.25, 0.3) is 0 Å². The number of hydrogen-bond donors (Lipinski definition) is 1. The molecule has 0 bridgehead atoms. The van der Waals surface area contributed by atoms with E-state index in [0.717, 1.165) is 31.6 Å². The van der Waals surface area contributed by atoms with Crippen LogP contribution in [0.5, 0.6) is 5.75 Å². The van der Waals surface area contributed by atoms with Crippen molar-refractivity contribution in [2.75, 3.05) is 20.2 Å². The van der Waals surface area contributed by atoms with Gasteiger partial charge in [-0.15, -0.1) is 0 Å². The molecule has 0 aliphatic carbocycles. The van der Waals surface area contributed by atoms with Crippen LogP contribution >= 0.6 is 0 Å². The molecular weight excluding hydrogens is 202 g/mol. The van der Waals surface area contributed by atoms with Gasteiger partial charge in [-0.1, -0.05) is 18.2 Å². The van der Waals surface area contributed by atoms with Crippen LogP contribution in [0, 0.1) is 0 Å². The molecule has 1 unspecified atom stereocenters. The third-order valence-corrected chi connectivity index (χ3v) is 3.18. The van der Waals surface area contributed by atoms with Crippen LogP contribution < -0.4 is 0 Å². The minimum atomic E-state index is 0.347. The Balaban J connectivity index is 1.97. The first kappa shape index (κ1) is 11.4. The number of likely N-dealkylation sites (tertiary alicyclic amines) is 1. The summed E-state index contributed by atoms with van der Waals surface area (Å²) in [5.41, 5.74) is 0.999. The summed E-state index contributed by atoms with van der Waals surface area (Å²) in [7, 11) is 1.77. The van der Waals surface area contributed by atoms with Crippen LogP contribution in [-0.4, -0.2) is 36.3 Å². The standard InChI is InChI=1S/C13H19NO2/c1-16-12-6-4-8-14(10-12)9-11-5-2-3-7-13(11)15/h2-3,5,7,12,15H,4,6,8-10H2,1H3. The Morgan fingerprint density at radius 3 is 3.00 bits per heavy atom. The quantitative estimate of drug-likeness (QED) is 0.847. The molecule has 1 aromatic rings. The largest absolute Gasteiger partial charge is 0.508 e. The zero-order chi connectivity index (χ0) is 11.4. The van der Waals surface area contributed by atoms with Gasteiger partial charge in [0.2, 0.25) is 0 Å². The molecule has 2 rings (SSSR count). The van der Waals surface area contributed by atoms with Crippen molar-refractivity contribution in [3.8, 4) is 5.75 Å². The van der Waals surface area contributed by atoms with Gasteiger partial charge in [0.1, 0.15) is 5.75 Å². The van der Waals surface area contributed by atoms with Gasteiger partial charge in [0.05, 0.1) is 6.10 Å². The summed E-state index contributed by atoms with van der Waals surface area (Å²) in [5.74, 6) is 0.391. The van der Waals surface area contributed by atoms with E-state index in [1.165, 1.54) is 6.42 Å². The van der Waals surface area contributed by atoms with Gasteiger partial charge >= 0.3 is 0 Å². The van der Waals surface area contributed by atoms with Crippen molar-refractivity contribution in [1.82, 2.24) is 4.90 Å². The van der Waals surface area contributed by atoms with Crippen molar-refractivity contribution in [3.05, 3.63) is 29.8 Å². The number of benzene rings is 1. The van der Waals surface area contributed by atoms with Crippen molar-refractivity contribution in [2.24, 2.45) is 0 Å². The van der Waals surface area contributed by atoms with Crippen LogP contribution in [0.1, 0.15) is 18.4 Å². The molecule has 0 amide bonds. The lowest BCUT2D eigenvalue weighted by Crippen LogP contribution is -2.38. The first-order valence-corrected chi connectivity index (χ1v) is 5.81. The van der Waals surface area contributed by atoms with Gasteiger partial charge in [-0.05, 0) is 25.5 Å². The van der Waals surface area contributed by atoms with Gasteiger partial charge < -0.3 is 9.84 Å². The fraction of sp³-hybridized carbons (Fsp3) is 0.538. The summed E-state index contributed by atoms with van der Waals surface area (Å²) in [5, 5.41) is 9.71. The van der Waals surface area contributed by atoms with Crippen LogP contribution in [-0.2, 0) is 11.3 Å². The second-order valence-electron chi connectivity index (χ2n) is 4.36. The van der Waals surface area contributed by atoms with E-state index < -0.39 is 0 Å².